The van der Waals surface area contributed by atoms with Crippen molar-refractivity contribution in [2.45, 2.75) is 50.7 Å². The van der Waals surface area contributed by atoms with Crippen LogP contribution in [-0.2, 0) is 10.3 Å². The number of primary amides is 1. The minimum Gasteiger partial charge on any atom is -0.389 e. The van der Waals surface area contributed by atoms with E-state index >= 15 is 0 Å². The molecule has 1 saturated carbocycles. The molecule has 0 aromatic heterocycles. The van der Waals surface area contributed by atoms with E-state index in [1.807, 2.05) is 30.3 Å². The van der Waals surface area contributed by atoms with E-state index in [0.29, 0.717) is 12.5 Å². The highest BCUT2D eigenvalue weighted by atomic mass is 16.3. The van der Waals surface area contributed by atoms with Gasteiger partial charge in [-0.2, -0.15) is 0 Å². The van der Waals surface area contributed by atoms with E-state index in [1.54, 1.807) is 6.92 Å². The lowest BCUT2D eigenvalue weighted by atomic mass is 9.79. The van der Waals surface area contributed by atoms with Gasteiger partial charge in [0.15, 0.2) is 0 Å². The topological polar surface area (TPSA) is 75.3 Å². The van der Waals surface area contributed by atoms with Crippen molar-refractivity contribution in [2.24, 2.45) is 11.7 Å². The van der Waals surface area contributed by atoms with E-state index in [9.17, 15) is 9.90 Å². The molecule has 1 unspecified atom stereocenters. The minimum absolute atomic E-state index is 0.383. The van der Waals surface area contributed by atoms with Gasteiger partial charge in [0.05, 0.1) is 5.60 Å². The molecule has 2 rings (SSSR count). The normalized spacial score (nSPS) is 28.8. The summed E-state index contributed by atoms with van der Waals surface area (Å²) in [6, 6.07) is 9.43. The Bertz CT molecular complexity index is 481. The maximum absolute atomic E-state index is 11.9. The third-order valence-corrected chi connectivity index (χ3v) is 4.82. The van der Waals surface area contributed by atoms with Gasteiger partial charge in [-0.25, -0.2) is 0 Å². The van der Waals surface area contributed by atoms with Crippen molar-refractivity contribution >= 4 is 5.91 Å². The summed E-state index contributed by atoms with van der Waals surface area (Å²) in [6.07, 6.45) is 3.59. The van der Waals surface area contributed by atoms with Crippen LogP contribution in [0, 0.1) is 5.92 Å². The van der Waals surface area contributed by atoms with Gasteiger partial charge < -0.3 is 10.8 Å². The zero-order chi connectivity index (χ0) is 15.5. The first-order valence-corrected chi connectivity index (χ1v) is 7.69. The van der Waals surface area contributed by atoms with Gasteiger partial charge >= 0.3 is 0 Å². The number of hydrogen-bond donors (Lipinski definition) is 3. The van der Waals surface area contributed by atoms with Crippen molar-refractivity contribution in [1.82, 2.24) is 5.32 Å². The zero-order valence-corrected chi connectivity index (χ0v) is 12.9. The smallest absolute Gasteiger partial charge is 0.242 e. The summed E-state index contributed by atoms with van der Waals surface area (Å²) in [5.41, 5.74) is 4.73. The Kier molecular flexibility index (Phi) is 4.69. The maximum atomic E-state index is 11.9. The maximum Gasteiger partial charge on any atom is 0.242 e. The largest absolute Gasteiger partial charge is 0.389 e. The van der Waals surface area contributed by atoms with Crippen LogP contribution in [0.5, 0.6) is 0 Å². The van der Waals surface area contributed by atoms with Gasteiger partial charge in [-0.1, -0.05) is 37.3 Å². The van der Waals surface area contributed by atoms with E-state index in [4.69, 9.17) is 5.73 Å². The predicted molar refractivity (Wildman–Crippen MR) is 83.6 cm³/mol. The summed E-state index contributed by atoms with van der Waals surface area (Å²) in [7, 11) is 0. The Morgan fingerprint density at radius 2 is 1.95 bits per heavy atom. The Balaban J connectivity index is 2.09. The van der Waals surface area contributed by atoms with Gasteiger partial charge in [0, 0.05) is 6.54 Å². The first-order chi connectivity index (χ1) is 9.86. The summed E-state index contributed by atoms with van der Waals surface area (Å²) in [6.45, 7) is 4.37. The molecule has 1 fully saturated rings. The second kappa shape index (κ2) is 6.16. The summed E-state index contributed by atoms with van der Waals surface area (Å²) in [4.78, 5) is 11.9. The fraction of sp³-hybridized carbons (Fsp3) is 0.588. The Morgan fingerprint density at radius 1 is 1.38 bits per heavy atom. The monoisotopic (exact) mass is 290 g/mol. The highest BCUT2D eigenvalue weighted by molar-refractivity contribution is 5.85. The first kappa shape index (κ1) is 16.0. The summed E-state index contributed by atoms with van der Waals surface area (Å²) < 4.78 is 0. The van der Waals surface area contributed by atoms with Gasteiger partial charge in [-0.15, -0.1) is 0 Å². The van der Waals surface area contributed by atoms with Crippen LogP contribution in [0.2, 0.25) is 0 Å². The third kappa shape index (κ3) is 3.63. The molecule has 4 nitrogen and oxygen atoms in total. The lowest BCUT2D eigenvalue weighted by Crippen LogP contribution is -2.55. The van der Waals surface area contributed by atoms with Crippen molar-refractivity contribution in [3.8, 4) is 0 Å². The average Bonchev–Trinajstić information content (AvgIpc) is 2.49. The van der Waals surface area contributed by atoms with Crippen molar-refractivity contribution in [3.63, 3.8) is 0 Å². The number of carbonyl (C=O) groups is 1. The number of amides is 1. The first-order valence-electron chi connectivity index (χ1n) is 7.69. The van der Waals surface area contributed by atoms with Crippen molar-refractivity contribution in [3.05, 3.63) is 35.9 Å². The van der Waals surface area contributed by atoms with Crippen molar-refractivity contribution < 1.29 is 9.90 Å². The number of nitrogens with one attached hydrogen (secondary N) is 1. The molecule has 1 amide bonds. The second-order valence-electron chi connectivity index (χ2n) is 6.62. The summed E-state index contributed by atoms with van der Waals surface area (Å²) in [5.74, 6) is 0.239. The molecular weight excluding hydrogens is 264 g/mol. The molecular formula is C17H26N2O2. The molecule has 4 N–H and O–H groups in total. The highest BCUT2D eigenvalue weighted by Crippen LogP contribution is 2.32. The molecule has 1 atom stereocenters. The molecule has 0 bridgehead atoms. The van der Waals surface area contributed by atoms with Crippen molar-refractivity contribution in [1.29, 1.82) is 0 Å². The van der Waals surface area contributed by atoms with Crippen LogP contribution in [0.15, 0.2) is 30.3 Å². The quantitative estimate of drug-likeness (QED) is 0.775. The summed E-state index contributed by atoms with van der Waals surface area (Å²) in [5, 5.41) is 13.9. The van der Waals surface area contributed by atoms with E-state index in [1.165, 1.54) is 0 Å². The fourth-order valence-electron chi connectivity index (χ4n) is 2.92. The predicted octanol–water partition coefficient (Wildman–Crippen LogP) is 1.92. The van der Waals surface area contributed by atoms with Gasteiger partial charge in [0.25, 0.3) is 0 Å². The van der Waals surface area contributed by atoms with E-state index < -0.39 is 17.0 Å². The number of rotatable bonds is 5. The van der Waals surface area contributed by atoms with Crippen LogP contribution in [0.4, 0.5) is 0 Å². The number of nitrogens with two attached hydrogens (primary N) is 1. The fourth-order valence-corrected chi connectivity index (χ4v) is 2.92. The van der Waals surface area contributed by atoms with E-state index in [-0.39, 0.29) is 0 Å². The second-order valence-corrected chi connectivity index (χ2v) is 6.62. The van der Waals surface area contributed by atoms with Crippen molar-refractivity contribution in [2.75, 3.05) is 6.54 Å². The van der Waals surface area contributed by atoms with Gasteiger partial charge in [0.1, 0.15) is 5.54 Å². The lowest BCUT2D eigenvalue weighted by molar-refractivity contribution is -0.124. The molecule has 1 aliphatic rings. The van der Waals surface area contributed by atoms with Gasteiger partial charge in [-0.3, -0.25) is 10.1 Å². The Labute approximate surface area is 126 Å². The van der Waals surface area contributed by atoms with Crippen LogP contribution >= 0.6 is 0 Å². The number of carbonyl (C=O) groups excluding carboxylic acids is 1. The minimum atomic E-state index is -0.958. The Morgan fingerprint density at radius 3 is 2.48 bits per heavy atom. The van der Waals surface area contributed by atoms with Crippen LogP contribution in [0.3, 0.4) is 0 Å². The molecule has 116 valence electrons. The molecule has 0 aliphatic heterocycles. The molecule has 0 radical (unpaired) electrons. The number of aliphatic hydroxyl groups is 1. The van der Waals surface area contributed by atoms with E-state index in [0.717, 1.165) is 31.2 Å². The standard InChI is InChI=1S/C17H26N2O2/c1-13-8-10-17(21,11-9-13)12-19-16(2,15(18)20)14-6-4-3-5-7-14/h3-7,13,19,21H,8-12H2,1-2H3,(H2,18,20). The highest BCUT2D eigenvalue weighted by Gasteiger charge is 2.38. The average molecular weight is 290 g/mol. The molecule has 1 aliphatic carbocycles. The van der Waals surface area contributed by atoms with Crippen LogP contribution in [0.1, 0.15) is 45.1 Å². The molecule has 0 saturated heterocycles. The molecule has 0 heterocycles. The SMILES string of the molecule is CC1CCC(O)(CNC(C)(C(N)=O)c2ccccc2)CC1. The van der Waals surface area contributed by atoms with Crippen LogP contribution in [0.25, 0.3) is 0 Å². The third-order valence-electron chi connectivity index (χ3n) is 4.82. The molecule has 0 spiro atoms. The molecule has 4 heteroatoms. The lowest BCUT2D eigenvalue weighted by Gasteiger charge is -2.38. The van der Waals surface area contributed by atoms with E-state index in [2.05, 4.69) is 12.2 Å². The molecule has 1 aromatic rings. The number of benzene rings is 1. The Hall–Kier alpha value is -1.39. The number of hydrogen-bond acceptors (Lipinski definition) is 3. The van der Waals surface area contributed by atoms with Gasteiger partial charge in [0.2, 0.25) is 5.91 Å². The zero-order valence-electron chi connectivity index (χ0n) is 12.9. The molecule has 1 aromatic carbocycles. The van der Waals surface area contributed by atoms with Gasteiger partial charge in [-0.05, 0) is 44.1 Å². The molecule has 21 heavy (non-hydrogen) atoms. The summed E-state index contributed by atoms with van der Waals surface area (Å²) >= 11 is 0. The van der Waals surface area contributed by atoms with Crippen LogP contribution in [-0.4, -0.2) is 23.2 Å². The van der Waals surface area contributed by atoms with Crippen LogP contribution < -0.4 is 11.1 Å².